The van der Waals surface area contributed by atoms with E-state index in [2.05, 4.69) is 5.32 Å². The minimum atomic E-state index is -0.783. The number of nitrogens with zero attached hydrogens (tertiary/aromatic N) is 1. The number of fused-ring (bicyclic) bond motifs is 2. The first-order valence-electron chi connectivity index (χ1n) is 13.6. The zero-order valence-electron chi connectivity index (χ0n) is 23.8. The third-order valence-electron chi connectivity index (χ3n) is 6.75. The average Bonchev–Trinajstić information content (AvgIpc) is 3.29. The molecule has 11 nitrogen and oxygen atoms in total. The highest BCUT2D eigenvalue weighted by Gasteiger charge is 2.48. The largest absolute Gasteiger partial charge is 0.493 e. The molecule has 3 aliphatic heterocycles. The quantitative estimate of drug-likeness (QED) is 0.336. The molecular weight excluding hydrogens is 564 g/mol. The fourth-order valence-corrected chi connectivity index (χ4v) is 6.15. The number of nitrogens with one attached hydrogen (secondary N) is 1. The molecule has 0 saturated carbocycles. The Balaban J connectivity index is 1.50. The summed E-state index contributed by atoms with van der Waals surface area (Å²) in [5, 5.41) is 3.30. The molecule has 0 aliphatic carbocycles. The molecule has 3 heterocycles. The van der Waals surface area contributed by atoms with Crippen LogP contribution in [0.25, 0.3) is 6.08 Å². The second kappa shape index (κ2) is 12.7. The van der Waals surface area contributed by atoms with Crippen molar-refractivity contribution in [2.24, 2.45) is 0 Å². The molecule has 1 N–H and O–H groups in total. The van der Waals surface area contributed by atoms with E-state index in [1.807, 2.05) is 18.2 Å². The zero-order chi connectivity index (χ0) is 29.8. The molecule has 3 aliphatic rings. The number of allylic oxidation sites excluding steroid dienone is 1. The summed E-state index contributed by atoms with van der Waals surface area (Å²) in [5.74, 6) is 0.640. The molecule has 2 aromatic rings. The lowest BCUT2D eigenvalue weighted by atomic mass is 9.93. The van der Waals surface area contributed by atoms with Gasteiger partial charge in [-0.05, 0) is 62.2 Å². The molecule has 0 radical (unpaired) electrons. The van der Waals surface area contributed by atoms with Crippen molar-refractivity contribution in [3.05, 3.63) is 63.7 Å². The highest BCUT2D eigenvalue weighted by Crippen LogP contribution is 2.48. The van der Waals surface area contributed by atoms with Crippen LogP contribution in [0.15, 0.2) is 52.6 Å². The SMILES string of the molecule is CCOC(=O)COc1ccc([C@@H]2C(C(=O)OCC)=C(C)N[C@H]3S/C(=C\c4ccc5c(c4)OCCO5)C(=O)N32)cc1OC. The van der Waals surface area contributed by atoms with E-state index in [4.69, 9.17) is 28.4 Å². The monoisotopic (exact) mass is 596 g/mol. The molecule has 0 aromatic heterocycles. The Labute approximate surface area is 247 Å². The summed E-state index contributed by atoms with van der Waals surface area (Å²) in [4.78, 5) is 41.2. The Bertz CT molecular complexity index is 1450. The number of carbonyl (C=O) groups is 3. The second-order valence-corrected chi connectivity index (χ2v) is 10.5. The van der Waals surface area contributed by atoms with Gasteiger partial charge >= 0.3 is 11.9 Å². The minimum absolute atomic E-state index is 0.174. The summed E-state index contributed by atoms with van der Waals surface area (Å²) in [6.07, 6.45) is 1.80. The topological polar surface area (TPSA) is 122 Å². The molecule has 0 unspecified atom stereocenters. The van der Waals surface area contributed by atoms with Gasteiger partial charge in [-0.25, -0.2) is 9.59 Å². The van der Waals surface area contributed by atoms with Crippen molar-refractivity contribution in [1.29, 1.82) is 0 Å². The predicted molar refractivity (Wildman–Crippen MR) is 154 cm³/mol. The lowest BCUT2D eigenvalue weighted by Crippen LogP contribution is -2.50. The number of thioether (sulfide) groups is 1. The van der Waals surface area contributed by atoms with Gasteiger partial charge in [0.05, 0.1) is 36.8 Å². The van der Waals surface area contributed by atoms with Gasteiger partial charge in [-0.1, -0.05) is 23.9 Å². The van der Waals surface area contributed by atoms with Gasteiger partial charge in [-0.2, -0.15) is 0 Å². The Morgan fingerprint density at radius 1 is 1.05 bits per heavy atom. The van der Waals surface area contributed by atoms with Crippen molar-refractivity contribution in [2.75, 3.05) is 40.1 Å². The lowest BCUT2D eigenvalue weighted by Gasteiger charge is -2.39. The van der Waals surface area contributed by atoms with Gasteiger partial charge in [0, 0.05) is 5.70 Å². The predicted octanol–water partition coefficient (Wildman–Crippen LogP) is 3.79. The molecular formula is C30H32N2O9S. The van der Waals surface area contributed by atoms with Crippen LogP contribution in [-0.4, -0.2) is 68.4 Å². The zero-order valence-corrected chi connectivity index (χ0v) is 24.6. The summed E-state index contributed by atoms with van der Waals surface area (Å²) in [7, 11) is 1.47. The Kier molecular flexibility index (Phi) is 8.81. The maximum Gasteiger partial charge on any atom is 0.344 e. The summed E-state index contributed by atoms with van der Waals surface area (Å²) < 4.78 is 32.8. The summed E-state index contributed by atoms with van der Waals surface area (Å²) >= 11 is 1.35. The van der Waals surface area contributed by atoms with Crippen LogP contribution in [0.4, 0.5) is 0 Å². The Morgan fingerprint density at radius 2 is 1.81 bits per heavy atom. The van der Waals surface area contributed by atoms with Crippen LogP contribution in [0, 0.1) is 0 Å². The first kappa shape index (κ1) is 29.2. The second-order valence-electron chi connectivity index (χ2n) is 9.40. The Morgan fingerprint density at radius 3 is 2.55 bits per heavy atom. The molecule has 2 aromatic carbocycles. The number of rotatable bonds is 9. The van der Waals surface area contributed by atoms with Crippen LogP contribution in [0.5, 0.6) is 23.0 Å². The van der Waals surface area contributed by atoms with Crippen LogP contribution < -0.4 is 24.3 Å². The maximum atomic E-state index is 14.0. The smallest absolute Gasteiger partial charge is 0.344 e. The van der Waals surface area contributed by atoms with Gasteiger partial charge in [0.2, 0.25) is 0 Å². The Hall–Kier alpha value is -4.32. The molecule has 1 amide bonds. The van der Waals surface area contributed by atoms with E-state index in [9.17, 15) is 14.4 Å². The van der Waals surface area contributed by atoms with Crippen molar-refractivity contribution < 1.29 is 42.8 Å². The van der Waals surface area contributed by atoms with E-state index in [1.165, 1.54) is 18.9 Å². The summed E-state index contributed by atoms with van der Waals surface area (Å²) in [5.41, 5.74) is 1.83. The molecule has 1 saturated heterocycles. The number of hydrogen-bond donors (Lipinski definition) is 1. The third kappa shape index (κ3) is 5.85. The van der Waals surface area contributed by atoms with Gasteiger partial charge in [-0.3, -0.25) is 9.69 Å². The number of amides is 1. The number of esters is 2. The van der Waals surface area contributed by atoms with Gasteiger partial charge in [0.15, 0.2) is 35.1 Å². The first-order valence-corrected chi connectivity index (χ1v) is 14.4. The first-order chi connectivity index (χ1) is 20.3. The molecule has 12 heteroatoms. The van der Waals surface area contributed by atoms with E-state index < -0.39 is 23.5 Å². The van der Waals surface area contributed by atoms with Crippen LogP contribution >= 0.6 is 11.8 Å². The van der Waals surface area contributed by atoms with Crippen LogP contribution in [0.3, 0.4) is 0 Å². The minimum Gasteiger partial charge on any atom is -0.493 e. The molecule has 2 atom stereocenters. The van der Waals surface area contributed by atoms with Crippen LogP contribution in [-0.2, 0) is 23.9 Å². The number of methoxy groups -OCH3 is 1. The van der Waals surface area contributed by atoms with E-state index >= 15 is 0 Å². The van der Waals surface area contributed by atoms with Crippen molar-refractivity contribution in [1.82, 2.24) is 10.2 Å². The average molecular weight is 597 g/mol. The van der Waals surface area contributed by atoms with Crippen molar-refractivity contribution in [2.45, 2.75) is 32.3 Å². The molecule has 0 spiro atoms. The molecule has 1 fully saturated rings. The van der Waals surface area contributed by atoms with Crippen molar-refractivity contribution in [3.8, 4) is 23.0 Å². The normalized spacial score (nSPS) is 20.1. The highest BCUT2D eigenvalue weighted by molar-refractivity contribution is 8.05. The number of benzene rings is 2. The lowest BCUT2D eigenvalue weighted by molar-refractivity contribution is -0.145. The highest BCUT2D eigenvalue weighted by atomic mass is 32.2. The maximum absolute atomic E-state index is 14.0. The van der Waals surface area contributed by atoms with Crippen LogP contribution in [0.2, 0.25) is 0 Å². The van der Waals surface area contributed by atoms with E-state index in [0.717, 1.165) is 5.56 Å². The van der Waals surface area contributed by atoms with Crippen molar-refractivity contribution >= 4 is 35.7 Å². The molecule has 0 bridgehead atoms. The van der Waals surface area contributed by atoms with Gasteiger partial charge in [0.25, 0.3) is 5.91 Å². The fraction of sp³-hybridized carbons (Fsp3) is 0.367. The van der Waals surface area contributed by atoms with Gasteiger partial charge < -0.3 is 33.7 Å². The molecule has 5 rings (SSSR count). The van der Waals surface area contributed by atoms with E-state index in [1.54, 1.807) is 49.9 Å². The fourth-order valence-electron chi connectivity index (χ4n) is 4.93. The van der Waals surface area contributed by atoms with E-state index in [-0.39, 0.29) is 25.7 Å². The number of hydrogen-bond acceptors (Lipinski definition) is 11. The van der Waals surface area contributed by atoms with Gasteiger partial charge in [0.1, 0.15) is 13.2 Å². The molecule has 222 valence electrons. The van der Waals surface area contributed by atoms with Gasteiger partial charge in [-0.15, -0.1) is 0 Å². The molecule has 42 heavy (non-hydrogen) atoms. The standard InChI is InChI=1S/C30H32N2O9S/c1-5-37-25(33)16-41-20-10-8-19(15-22(20)36-4)27-26(29(35)38-6-2)17(3)31-30-32(27)28(34)24(42-30)14-18-7-9-21-23(13-18)40-12-11-39-21/h7-10,13-15,27,30-31H,5-6,11-12,16H2,1-4H3/b24-14-/t27-,30-/m1/s1. The third-order valence-corrected chi connectivity index (χ3v) is 7.86. The number of ether oxygens (including phenoxy) is 6. The van der Waals surface area contributed by atoms with Crippen LogP contribution in [0.1, 0.15) is 37.9 Å². The van der Waals surface area contributed by atoms with E-state index in [0.29, 0.717) is 58.0 Å². The summed E-state index contributed by atoms with van der Waals surface area (Å²) in [6.45, 7) is 6.30. The van der Waals surface area contributed by atoms with Crippen molar-refractivity contribution in [3.63, 3.8) is 0 Å². The number of carbonyl (C=O) groups excluding carboxylic acids is 3. The summed E-state index contributed by atoms with van der Waals surface area (Å²) in [6, 6.07) is 9.82.